The summed E-state index contributed by atoms with van der Waals surface area (Å²) >= 11 is 2.81. The molecule has 11 rings (SSSR count). The lowest BCUT2D eigenvalue weighted by atomic mass is 10.0. The summed E-state index contributed by atoms with van der Waals surface area (Å²) in [6.07, 6.45) is 0. The van der Waals surface area contributed by atoms with E-state index in [-0.39, 0.29) is 53.0 Å². The number of para-hydroxylation sites is 1. The fourth-order valence-corrected chi connectivity index (χ4v) is 9.21. The van der Waals surface area contributed by atoms with Gasteiger partial charge >= 0.3 is 0 Å². The van der Waals surface area contributed by atoms with Gasteiger partial charge in [0.05, 0.1) is 8.22 Å². The minimum atomic E-state index is -0.273. The monoisotopic (exact) mass is 693 g/mol. The first kappa shape index (κ1) is 23.2. The summed E-state index contributed by atoms with van der Waals surface area (Å²) in [5.41, 5.74) is 4.08. The Bertz CT molecular complexity index is 3510. The van der Waals surface area contributed by atoms with E-state index in [0.717, 1.165) is 42.1 Å². The maximum Gasteiger partial charge on any atom is 0.164 e. The average Bonchev–Trinajstić information content (AvgIpc) is 3.95. The van der Waals surface area contributed by atoms with Gasteiger partial charge < -0.3 is 4.42 Å². The number of nitrogens with zero attached hydrogens (tertiary/aromatic N) is 3. The fraction of sp³-hybridized carbons (Fsp3) is 0. The van der Waals surface area contributed by atoms with Gasteiger partial charge in [0.1, 0.15) is 11.2 Å². The lowest BCUT2D eigenvalue weighted by molar-refractivity contribution is 0.669. The molecule has 0 saturated carbocycles. The van der Waals surface area contributed by atoms with Crippen molar-refractivity contribution in [3.63, 3.8) is 0 Å². The van der Waals surface area contributed by atoms with Crippen molar-refractivity contribution >= 4 is 85.0 Å². The number of rotatable bonds is 4. The average molecular weight is 694 g/mol. The van der Waals surface area contributed by atoms with Crippen LogP contribution in [-0.4, -0.2) is 15.0 Å². The molecule has 0 unspecified atom stereocenters. The second-order valence-corrected chi connectivity index (χ2v) is 14.3. The molecule has 0 aliphatic heterocycles. The zero-order chi connectivity index (χ0) is 38.7. The summed E-state index contributed by atoms with van der Waals surface area (Å²) in [7, 11) is 0. The Hall–Kier alpha value is -6.21. The van der Waals surface area contributed by atoms with Gasteiger partial charge in [-0.2, -0.15) is 0 Å². The molecule has 0 spiro atoms. The van der Waals surface area contributed by atoms with Crippen molar-refractivity contribution in [1.82, 2.24) is 15.0 Å². The zero-order valence-electron chi connectivity index (χ0n) is 32.5. The summed E-state index contributed by atoms with van der Waals surface area (Å²) < 4.78 is 64.8. The van der Waals surface area contributed by atoms with Crippen LogP contribution in [0.15, 0.2) is 156 Å². The molecule has 0 amide bonds. The minimum Gasteiger partial charge on any atom is -0.456 e. The van der Waals surface area contributed by atoms with Gasteiger partial charge in [0.25, 0.3) is 0 Å². The van der Waals surface area contributed by atoms with E-state index in [4.69, 9.17) is 22.1 Å². The van der Waals surface area contributed by atoms with E-state index in [0.29, 0.717) is 48.7 Å². The Kier molecular flexibility index (Phi) is 5.08. The van der Waals surface area contributed by atoms with E-state index < -0.39 is 0 Å². The minimum absolute atomic E-state index is 0.0570. The summed E-state index contributed by atoms with van der Waals surface area (Å²) in [4.78, 5) is 14.6. The highest BCUT2D eigenvalue weighted by Crippen LogP contribution is 2.45. The second kappa shape index (κ2) is 11.2. The molecular formula is C45H25N3OS2. The normalized spacial score (nSPS) is 13.6. The smallest absolute Gasteiger partial charge is 0.164 e. The highest BCUT2D eigenvalue weighted by molar-refractivity contribution is 7.27. The van der Waals surface area contributed by atoms with Gasteiger partial charge in [-0.25, -0.2) is 15.0 Å². The van der Waals surface area contributed by atoms with Gasteiger partial charge in [0, 0.05) is 78.9 Å². The number of furan rings is 1. The molecule has 0 atom stereocenters. The molecule has 4 heterocycles. The predicted molar refractivity (Wildman–Crippen MR) is 215 cm³/mol. The van der Waals surface area contributed by atoms with Crippen LogP contribution >= 0.6 is 22.7 Å². The molecule has 0 aliphatic rings. The van der Waals surface area contributed by atoms with Gasteiger partial charge in [0.15, 0.2) is 17.5 Å². The Morgan fingerprint density at radius 1 is 0.451 bits per heavy atom. The molecule has 0 N–H and O–H groups in total. The molecule has 0 aliphatic carbocycles. The van der Waals surface area contributed by atoms with Crippen LogP contribution in [0.4, 0.5) is 0 Å². The van der Waals surface area contributed by atoms with E-state index >= 15 is 0 Å². The number of thiophene rings is 2. The van der Waals surface area contributed by atoms with Gasteiger partial charge in [0.2, 0.25) is 0 Å². The van der Waals surface area contributed by atoms with Gasteiger partial charge in [-0.15, -0.1) is 22.7 Å². The zero-order valence-corrected chi connectivity index (χ0v) is 28.2. The van der Waals surface area contributed by atoms with Crippen LogP contribution in [0, 0.1) is 0 Å². The lowest BCUT2D eigenvalue weighted by Gasteiger charge is -2.08. The van der Waals surface area contributed by atoms with Crippen LogP contribution in [0.3, 0.4) is 0 Å². The lowest BCUT2D eigenvalue weighted by Crippen LogP contribution is -2.00. The molecule has 6 heteroatoms. The van der Waals surface area contributed by atoms with Crippen LogP contribution < -0.4 is 0 Å². The van der Waals surface area contributed by atoms with E-state index in [1.807, 2.05) is 103 Å². The van der Waals surface area contributed by atoms with Gasteiger partial charge in [-0.05, 0) is 30.3 Å². The van der Waals surface area contributed by atoms with Gasteiger partial charge in [-0.3, -0.25) is 0 Å². The van der Waals surface area contributed by atoms with Crippen molar-refractivity contribution in [2.45, 2.75) is 0 Å². The van der Waals surface area contributed by atoms with Crippen LogP contribution in [-0.2, 0) is 0 Å². The molecule has 7 aromatic carbocycles. The van der Waals surface area contributed by atoms with E-state index in [2.05, 4.69) is 12.1 Å². The molecule has 0 fully saturated rings. The first-order valence-corrected chi connectivity index (χ1v) is 18.0. The molecule has 4 nitrogen and oxygen atoms in total. The largest absolute Gasteiger partial charge is 0.456 e. The van der Waals surface area contributed by atoms with Crippen molar-refractivity contribution in [1.29, 1.82) is 0 Å². The standard InChI is InChI=1S/C45H25N3OS2/c1-2-10-26(11-3-1)43-46-44(27-20-22-30-29-12-4-6-18-37(29)49-38(30)24-27)48-45(47-43)28-21-23-32-34-15-9-17-36(42(34)51-40(32)25-28)35-16-8-14-33-31-13-5-7-19-39(31)50-41(33)35/h1-25H/i9D,15D,17D,21D,23D,25D. The molecule has 51 heavy (non-hydrogen) atoms. The Balaban J connectivity index is 1.17. The molecule has 0 saturated heterocycles. The molecular weight excluding hydrogens is 663 g/mol. The summed E-state index contributed by atoms with van der Waals surface area (Å²) in [5, 5.41) is 4.60. The second-order valence-electron chi connectivity index (χ2n) is 12.3. The van der Waals surface area contributed by atoms with E-state index in [1.54, 1.807) is 11.3 Å². The van der Waals surface area contributed by atoms with Crippen molar-refractivity contribution in [2.75, 3.05) is 0 Å². The van der Waals surface area contributed by atoms with Crippen molar-refractivity contribution in [2.24, 2.45) is 0 Å². The quantitative estimate of drug-likeness (QED) is 0.184. The summed E-state index contributed by atoms with van der Waals surface area (Å²) in [6.45, 7) is 0. The van der Waals surface area contributed by atoms with Crippen molar-refractivity contribution < 1.29 is 12.6 Å². The Morgan fingerprint density at radius 3 is 2.06 bits per heavy atom. The third-order valence-electron chi connectivity index (χ3n) is 9.26. The maximum atomic E-state index is 9.66. The van der Waals surface area contributed by atoms with Crippen molar-refractivity contribution in [3.05, 3.63) is 152 Å². The summed E-state index contributed by atoms with van der Waals surface area (Å²) in [5.74, 6) is 0.717. The van der Waals surface area contributed by atoms with Crippen LogP contribution in [0.5, 0.6) is 0 Å². The highest BCUT2D eigenvalue weighted by Gasteiger charge is 2.18. The van der Waals surface area contributed by atoms with Crippen molar-refractivity contribution in [3.8, 4) is 45.3 Å². The van der Waals surface area contributed by atoms with Gasteiger partial charge in [-0.1, -0.05) is 121 Å². The SMILES string of the molecule is [2H]c1c([2H])c([2H])c2c(sc3c([2H])c(-c4nc(-c5ccccc5)nc(-c5ccc6c(c5)oc5ccccc56)n4)c([2H])c([2H])c32)c1-c1cccc2c1sc1ccccc12. The third kappa shape index (κ3) is 4.54. The molecule has 0 radical (unpaired) electrons. The Labute approximate surface area is 308 Å². The number of fused-ring (bicyclic) bond motifs is 9. The molecule has 238 valence electrons. The molecule has 4 aromatic heterocycles. The van der Waals surface area contributed by atoms with Crippen LogP contribution in [0.1, 0.15) is 8.22 Å². The van der Waals surface area contributed by atoms with Crippen LogP contribution in [0.2, 0.25) is 0 Å². The topological polar surface area (TPSA) is 51.8 Å². The Morgan fingerprint density at radius 2 is 1.16 bits per heavy atom. The highest BCUT2D eigenvalue weighted by atomic mass is 32.1. The maximum absolute atomic E-state index is 9.66. The molecule has 0 bridgehead atoms. The molecule has 11 aromatic rings. The van der Waals surface area contributed by atoms with E-state index in [9.17, 15) is 5.48 Å². The summed E-state index contributed by atoms with van der Waals surface area (Å²) in [6, 6.07) is 35.9. The number of benzene rings is 7. The number of hydrogen-bond acceptors (Lipinski definition) is 6. The number of aromatic nitrogens is 3. The fourth-order valence-electron chi connectivity index (χ4n) is 6.86. The number of hydrogen-bond donors (Lipinski definition) is 0. The van der Waals surface area contributed by atoms with Crippen LogP contribution in [0.25, 0.3) is 108 Å². The first-order valence-electron chi connectivity index (χ1n) is 19.4. The first-order chi connectivity index (χ1) is 27.8. The predicted octanol–water partition coefficient (Wildman–Crippen LogP) is 13.2. The third-order valence-corrected chi connectivity index (χ3v) is 11.6. The van der Waals surface area contributed by atoms with E-state index in [1.165, 1.54) is 11.3 Å².